The van der Waals surface area contributed by atoms with Gasteiger partial charge in [0.15, 0.2) is 0 Å². The molecule has 2 unspecified atom stereocenters. The van der Waals surface area contributed by atoms with Crippen LogP contribution in [0.15, 0.2) is 41.8 Å². The van der Waals surface area contributed by atoms with Crippen molar-refractivity contribution in [3.8, 4) is 17.2 Å². The summed E-state index contributed by atoms with van der Waals surface area (Å²) < 4.78 is 12.1. The Bertz CT molecular complexity index is 1060. The second kappa shape index (κ2) is 10.7. The molecule has 0 saturated carbocycles. The molecule has 0 fully saturated rings. The molecule has 0 bridgehead atoms. The predicted molar refractivity (Wildman–Crippen MR) is 131 cm³/mol. The zero-order valence-corrected chi connectivity index (χ0v) is 20.4. The van der Waals surface area contributed by atoms with Crippen LogP contribution in [-0.2, 0) is 4.79 Å². The fraction of sp³-hybridized carbons (Fsp3) is 0.423. The van der Waals surface area contributed by atoms with E-state index in [1.165, 1.54) is 0 Å². The average molecular weight is 456 g/mol. The number of aromatic hydroxyl groups is 1. The maximum absolute atomic E-state index is 13.3. The summed E-state index contributed by atoms with van der Waals surface area (Å²) in [5.74, 6) is 1.23. The first-order chi connectivity index (χ1) is 15.4. The van der Waals surface area contributed by atoms with Crippen LogP contribution in [0.3, 0.4) is 0 Å². The van der Waals surface area contributed by atoms with Crippen molar-refractivity contribution in [2.24, 2.45) is 5.92 Å². The first-order valence-corrected chi connectivity index (χ1v) is 11.9. The van der Waals surface area contributed by atoms with Gasteiger partial charge in [-0.1, -0.05) is 38.5 Å². The summed E-state index contributed by atoms with van der Waals surface area (Å²) in [7, 11) is 4.98. The van der Waals surface area contributed by atoms with E-state index in [4.69, 9.17) is 9.47 Å². The van der Waals surface area contributed by atoms with Gasteiger partial charge >= 0.3 is 0 Å². The van der Waals surface area contributed by atoms with Gasteiger partial charge in [0.25, 0.3) is 0 Å². The molecule has 2 aromatic carbocycles. The molecule has 1 aromatic heterocycles. The van der Waals surface area contributed by atoms with E-state index < -0.39 is 0 Å². The van der Waals surface area contributed by atoms with E-state index in [0.29, 0.717) is 23.0 Å². The number of nitrogens with zero attached hydrogens (tertiary/aromatic N) is 1. The lowest BCUT2D eigenvalue weighted by Crippen LogP contribution is -2.32. The topological polar surface area (TPSA) is 59.0 Å². The highest BCUT2D eigenvalue weighted by molar-refractivity contribution is 7.17. The van der Waals surface area contributed by atoms with Crippen LogP contribution in [0.5, 0.6) is 17.2 Å². The molecule has 5 nitrogen and oxygen atoms in total. The standard InChI is InChI=1S/C26H33NO4S/c1-6-9-17(2)15-27(3)25(29)14-20(21-16-32-24-11-8-7-10-19(21)24)26-22(28)12-18(30-4)13-23(26)31-5/h7-8,10-13,16-17,20,28H,6,9,14-15H2,1-5H3. The Morgan fingerprint density at radius 1 is 1.19 bits per heavy atom. The Morgan fingerprint density at radius 2 is 1.94 bits per heavy atom. The third kappa shape index (κ3) is 5.18. The molecule has 3 rings (SSSR count). The molecule has 0 aliphatic rings. The number of carbonyl (C=O) groups is 1. The summed E-state index contributed by atoms with van der Waals surface area (Å²) in [6.45, 7) is 5.06. The molecular formula is C26H33NO4S. The summed E-state index contributed by atoms with van der Waals surface area (Å²) in [4.78, 5) is 15.1. The van der Waals surface area contributed by atoms with Crippen molar-refractivity contribution in [1.82, 2.24) is 4.90 Å². The predicted octanol–water partition coefficient (Wildman–Crippen LogP) is 6.04. The Kier molecular flexibility index (Phi) is 8.02. The first kappa shape index (κ1) is 23.9. The van der Waals surface area contributed by atoms with Gasteiger partial charge in [-0.25, -0.2) is 0 Å². The van der Waals surface area contributed by atoms with E-state index in [9.17, 15) is 9.90 Å². The van der Waals surface area contributed by atoms with E-state index in [1.54, 1.807) is 37.7 Å². The monoisotopic (exact) mass is 455 g/mol. The zero-order chi connectivity index (χ0) is 23.3. The normalized spacial score (nSPS) is 13.0. The second-order valence-corrected chi connectivity index (χ2v) is 9.29. The molecule has 0 aliphatic carbocycles. The number of ether oxygens (including phenoxy) is 2. The van der Waals surface area contributed by atoms with Crippen molar-refractivity contribution >= 4 is 27.3 Å². The highest BCUT2D eigenvalue weighted by Crippen LogP contribution is 2.46. The summed E-state index contributed by atoms with van der Waals surface area (Å²) in [6.07, 6.45) is 2.43. The summed E-state index contributed by atoms with van der Waals surface area (Å²) in [6, 6.07) is 11.5. The van der Waals surface area contributed by atoms with Crippen LogP contribution >= 0.6 is 11.3 Å². The van der Waals surface area contributed by atoms with Gasteiger partial charge in [0.05, 0.1) is 14.2 Å². The Hall–Kier alpha value is -2.73. The SMILES string of the molecule is CCCC(C)CN(C)C(=O)CC(c1c(O)cc(OC)cc1OC)c1csc2ccccc12. The Labute approximate surface area is 194 Å². The van der Waals surface area contributed by atoms with Gasteiger partial charge in [0, 0.05) is 48.3 Å². The summed E-state index contributed by atoms with van der Waals surface area (Å²) >= 11 is 1.64. The van der Waals surface area contributed by atoms with Crippen molar-refractivity contribution in [3.05, 3.63) is 52.9 Å². The molecular weight excluding hydrogens is 422 g/mol. The van der Waals surface area contributed by atoms with Crippen LogP contribution in [0.1, 0.15) is 50.2 Å². The van der Waals surface area contributed by atoms with Gasteiger partial charge in [0.2, 0.25) is 5.91 Å². The lowest BCUT2D eigenvalue weighted by atomic mass is 9.86. The second-order valence-electron chi connectivity index (χ2n) is 8.37. The highest BCUT2D eigenvalue weighted by atomic mass is 32.1. The third-order valence-electron chi connectivity index (χ3n) is 5.96. The quantitative estimate of drug-likeness (QED) is 0.405. The third-order valence-corrected chi connectivity index (χ3v) is 6.94. The van der Waals surface area contributed by atoms with E-state index in [1.807, 2.05) is 24.1 Å². The summed E-state index contributed by atoms with van der Waals surface area (Å²) in [5.41, 5.74) is 1.63. The van der Waals surface area contributed by atoms with E-state index in [0.717, 1.165) is 35.0 Å². The molecule has 0 radical (unpaired) electrons. The Morgan fingerprint density at radius 3 is 2.62 bits per heavy atom. The number of methoxy groups -OCH3 is 2. The largest absolute Gasteiger partial charge is 0.507 e. The lowest BCUT2D eigenvalue weighted by molar-refractivity contribution is -0.130. The van der Waals surface area contributed by atoms with E-state index in [-0.39, 0.29) is 24.0 Å². The maximum atomic E-state index is 13.3. The number of fused-ring (bicyclic) bond motifs is 1. The number of benzene rings is 2. The van der Waals surface area contributed by atoms with Gasteiger partial charge in [-0.3, -0.25) is 4.79 Å². The van der Waals surface area contributed by atoms with Crippen molar-refractivity contribution in [2.45, 2.75) is 39.0 Å². The minimum Gasteiger partial charge on any atom is -0.507 e. The number of amides is 1. The number of rotatable bonds is 10. The van der Waals surface area contributed by atoms with Crippen molar-refractivity contribution in [3.63, 3.8) is 0 Å². The smallest absolute Gasteiger partial charge is 0.223 e. The molecule has 172 valence electrons. The van der Waals surface area contributed by atoms with Crippen LogP contribution in [0.2, 0.25) is 0 Å². The lowest BCUT2D eigenvalue weighted by Gasteiger charge is -2.26. The number of hydrogen-bond donors (Lipinski definition) is 1. The van der Waals surface area contributed by atoms with Crippen molar-refractivity contribution in [2.75, 3.05) is 27.8 Å². The molecule has 0 aliphatic heterocycles. The summed E-state index contributed by atoms with van der Waals surface area (Å²) in [5, 5.41) is 14.1. The number of hydrogen-bond acceptors (Lipinski definition) is 5. The van der Waals surface area contributed by atoms with Crippen LogP contribution < -0.4 is 9.47 Å². The first-order valence-electron chi connectivity index (χ1n) is 11.0. The molecule has 32 heavy (non-hydrogen) atoms. The molecule has 2 atom stereocenters. The molecule has 3 aromatic rings. The Balaban J connectivity index is 2.05. The fourth-order valence-electron chi connectivity index (χ4n) is 4.34. The molecule has 6 heteroatoms. The molecule has 1 heterocycles. The number of phenols is 1. The number of phenolic OH excluding ortho intramolecular Hbond substituents is 1. The van der Waals surface area contributed by atoms with Crippen molar-refractivity contribution in [1.29, 1.82) is 0 Å². The van der Waals surface area contributed by atoms with Crippen LogP contribution in [0.4, 0.5) is 0 Å². The van der Waals surface area contributed by atoms with Gasteiger partial charge in [-0.2, -0.15) is 0 Å². The van der Waals surface area contributed by atoms with Gasteiger partial charge in [-0.15, -0.1) is 11.3 Å². The highest BCUT2D eigenvalue weighted by Gasteiger charge is 2.29. The van der Waals surface area contributed by atoms with Gasteiger partial charge in [-0.05, 0) is 34.7 Å². The molecule has 1 amide bonds. The molecule has 1 N–H and O–H groups in total. The number of carbonyl (C=O) groups excluding carboxylic acids is 1. The van der Waals surface area contributed by atoms with Crippen LogP contribution in [0, 0.1) is 5.92 Å². The van der Waals surface area contributed by atoms with Crippen LogP contribution in [0.25, 0.3) is 10.1 Å². The zero-order valence-electron chi connectivity index (χ0n) is 19.6. The minimum atomic E-state index is -0.344. The average Bonchev–Trinajstić information content (AvgIpc) is 3.21. The number of thiophene rings is 1. The molecule has 0 spiro atoms. The van der Waals surface area contributed by atoms with Gasteiger partial charge < -0.3 is 19.5 Å². The van der Waals surface area contributed by atoms with Gasteiger partial charge in [0.1, 0.15) is 17.2 Å². The van der Waals surface area contributed by atoms with Crippen LogP contribution in [-0.4, -0.2) is 43.7 Å². The van der Waals surface area contributed by atoms with E-state index >= 15 is 0 Å². The van der Waals surface area contributed by atoms with E-state index in [2.05, 4.69) is 31.4 Å². The fourth-order valence-corrected chi connectivity index (χ4v) is 5.36. The van der Waals surface area contributed by atoms with Crippen molar-refractivity contribution < 1.29 is 19.4 Å². The minimum absolute atomic E-state index is 0.0468. The molecule has 0 saturated heterocycles. The maximum Gasteiger partial charge on any atom is 0.223 e.